The molecular formula is C64H61N5O2. The Hall–Kier alpha value is -8.08. The molecule has 2 aliphatic rings. The van der Waals surface area contributed by atoms with Gasteiger partial charge in [-0.3, -0.25) is 0 Å². The summed E-state index contributed by atoms with van der Waals surface area (Å²) in [6, 6.07) is 43.7. The summed E-state index contributed by atoms with van der Waals surface area (Å²) in [6.45, 7) is 19.6. The van der Waals surface area contributed by atoms with Crippen LogP contribution < -0.4 is 0 Å². The molecule has 5 heterocycles. The number of carbonyl (C=O) groups is 1. The maximum atomic E-state index is 12.8. The average Bonchev–Trinajstić information content (AvgIpc) is 4.22. The maximum absolute atomic E-state index is 12.8. The van der Waals surface area contributed by atoms with E-state index in [1.54, 1.807) is 13.0 Å². The quantitative estimate of drug-likeness (QED) is 0.0549. The van der Waals surface area contributed by atoms with E-state index in [1.165, 1.54) is 28.3 Å². The summed E-state index contributed by atoms with van der Waals surface area (Å²) < 4.78 is 5.21. The number of aromatic amines is 2. The van der Waals surface area contributed by atoms with Gasteiger partial charge in [0.2, 0.25) is 0 Å². The minimum absolute atomic E-state index is 0.0875. The molecule has 9 rings (SSSR count). The second-order valence-corrected chi connectivity index (χ2v) is 19.6. The minimum Gasteiger partial charge on any atom is -0.462 e. The molecule has 7 heteroatoms. The Balaban J connectivity index is 1.47. The molecule has 7 aromatic rings. The Kier molecular flexibility index (Phi) is 13.8. The molecule has 354 valence electrons. The number of allylic oxidation sites excluding steroid dienone is 2. The number of aromatic nitrogens is 4. The summed E-state index contributed by atoms with van der Waals surface area (Å²) >= 11 is 0. The fourth-order valence-corrected chi connectivity index (χ4v) is 9.40. The Labute approximate surface area is 418 Å². The van der Waals surface area contributed by atoms with E-state index in [-0.39, 0.29) is 12.2 Å². The molecular weight excluding hydrogens is 871 g/mol. The highest BCUT2D eigenvalue weighted by Gasteiger charge is 2.21. The second kappa shape index (κ2) is 20.5. The topological polar surface area (TPSA) is 107 Å². The van der Waals surface area contributed by atoms with Crippen LogP contribution in [0.25, 0.3) is 97.0 Å². The number of hydrogen-bond donors (Lipinski definition) is 2. The molecule has 71 heavy (non-hydrogen) atoms. The predicted octanol–water partition coefficient (Wildman–Crippen LogP) is 16.8. The summed E-state index contributed by atoms with van der Waals surface area (Å²) in [4.78, 5) is 31.8. The number of benzene rings is 4. The molecule has 7 nitrogen and oxygen atoms in total. The Morgan fingerprint density at radius 1 is 0.535 bits per heavy atom. The first-order valence-corrected chi connectivity index (χ1v) is 24.9. The summed E-state index contributed by atoms with van der Waals surface area (Å²) in [7, 11) is 0. The minimum atomic E-state index is -0.663. The lowest BCUT2D eigenvalue weighted by molar-refractivity contribution is -0.138. The zero-order chi connectivity index (χ0) is 49.9. The molecule has 0 saturated heterocycles. The van der Waals surface area contributed by atoms with Crippen molar-refractivity contribution in [1.29, 1.82) is 5.26 Å². The summed E-state index contributed by atoms with van der Waals surface area (Å²) in [5.74, 6) is 0.799. The van der Waals surface area contributed by atoms with Gasteiger partial charge in [-0.25, -0.2) is 14.8 Å². The SMILES string of the molecule is CCOC(=O)/C(C#N)=C/C=C\c1cc2[nH]c1c(-c1ccc(C(C)C)cc1)c1nc(c(-c3ccc(C(C)C)cc3)c3ccc([nH]3)c(-c3ccc(C(C)C)cc3)c3nc(c2-c2ccc(C(C)C)cc2)C=C3)C=C1. The van der Waals surface area contributed by atoms with E-state index < -0.39 is 5.97 Å². The van der Waals surface area contributed by atoms with Crippen LogP contribution in [0.4, 0.5) is 0 Å². The monoisotopic (exact) mass is 931 g/mol. The van der Waals surface area contributed by atoms with Gasteiger partial charge in [0, 0.05) is 44.4 Å². The molecule has 4 aromatic carbocycles. The molecule has 0 radical (unpaired) electrons. The normalized spacial score (nSPS) is 12.5. The van der Waals surface area contributed by atoms with E-state index in [0.717, 1.165) is 94.9 Å². The first-order chi connectivity index (χ1) is 34.3. The van der Waals surface area contributed by atoms with E-state index >= 15 is 0 Å². The van der Waals surface area contributed by atoms with Gasteiger partial charge in [0.25, 0.3) is 0 Å². The largest absolute Gasteiger partial charge is 0.462 e. The van der Waals surface area contributed by atoms with Gasteiger partial charge < -0.3 is 14.7 Å². The third-order valence-electron chi connectivity index (χ3n) is 13.5. The van der Waals surface area contributed by atoms with Crippen LogP contribution in [0.15, 0.2) is 133 Å². The molecule has 0 saturated carbocycles. The summed E-state index contributed by atoms with van der Waals surface area (Å²) in [5.41, 5.74) is 20.4. The molecule has 2 N–H and O–H groups in total. The molecule has 0 spiro atoms. The number of rotatable bonds is 12. The standard InChI is InChI=1S/C64H61N5O2/c1-10-71-64(70)51(37-65)13-11-12-50-36-58-61(48-26-18-44(19-27-48)40(6)7)56-33-32-54(67-56)59(46-22-14-42(15-23-46)38(2)3)52-30-31-53(66-52)60(47-24-16-43(17-25-47)39(4)5)55-34-35-57(68-55)62(63(50)69-58)49-28-20-45(21-29-49)41(8)9/h11-36,38-41,66,69H,10H2,1-9H3/b12-11-,51-13+,59-52?,59-54?,60-53?,60-55?,61-56?,61-58?,62-57?,63-62?. The number of hydrogen-bond acceptors (Lipinski definition) is 5. The van der Waals surface area contributed by atoms with Crippen molar-refractivity contribution in [2.45, 2.75) is 86.0 Å². The maximum Gasteiger partial charge on any atom is 0.348 e. The van der Waals surface area contributed by atoms with Crippen LogP contribution in [0.5, 0.6) is 0 Å². The van der Waals surface area contributed by atoms with Crippen molar-refractivity contribution in [1.82, 2.24) is 19.9 Å². The van der Waals surface area contributed by atoms with Crippen molar-refractivity contribution in [2.75, 3.05) is 6.61 Å². The van der Waals surface area contributed by atoms with Crippen LogP contribution >= 0.6 is 0 Å². The van der Waals surface area contributed by atoms with Gasteiger partial charge in [-0.15, -0.1) is 0 Å². The zero-order valence-corrected chi connectivity index (χ0v) is 42.2. The van der Waals surface area contributed by atoms with Crippen molar-refractivity contribution in [2.24, 2.45) is 0 Å². The number of esters is 1. The Morgan fingerprint density at radius 3 is 1.27 bits per heavy atom. The number of nitriles is 1. The third kappa shape index (κ3) is 9.89. The summed E-state index contributed by atoms with van der Waals surface area (Å²) in [5, 5.41) is 9.99. The van der Waals surface area contributed by atoms with E-state index in [4.69, 9.17) is 14.7 Å². The number of carbonyl (C=O) groups excluding carboxylic acids is 1. The molecule has 3 aromatic heterocycles. The lowest BCUT2D eigenvalue weighted by Crippen LogP contribution is -2.05. The highest BCUT2D eigenvalue weighted by molar-refractivity contribution is 6.02. The molecule has 0 fully saturated rings. The molecule has 0 aliphatic carbocycles. The van der Waals surface area contributed by atoms with Crippen molar-refractivity contribution >= 4 is 58.4 Å². The van der Waals surface area contributed by atoms with E-state index in [2.05, 4.69) is 205 Å². The van der Waals surface area contributed by atoms with E-state index in [1.807, 2.05) is 12.1 Å². The van der Waals surface area contributed by atoms with E-state index in [0.29, 0.717) is 23.7 Å². The molecule has 0 unspecified atom stereocenters. The number of nitrogens with one attached hydrogen (secondary N) is 2. The molecule has 0 amide bonds. The van der Waals surface area contributed by atoms with Crippen molar-refractivity contribution in [3.05, 3.63) is 184 Å². The van der Waals surface area contributed by atoms with Crippen molar-refractivity contribution in [3.63, 3.8) is 0 Å². The van der Waals surface area contributed by atoms with Gasteiger partial charge in [-0.2, -0.15) is 5.26 Å². The van der Waals surface area contributed by atoms with Crippen LogP contribution in [0.2, 0.25) is 0 Å². The van der Waals surface area contributed by atoms with E-state index in [9.17, 15) is 10.1 Å². The first kappa shape index (κ1) is 48.0. The Bertz CT molecular complexity index is 3480. The Morgan fingerprint density at radius 2 is 0.901 bits per heavy atom. The average molecular weight is 932 g/mol. The fourth-order valence-electron chi connectivity index (χ4n) is 9.40. The lowest BCUT2D eigenvalue weighted by atomic mass is 9.97. The highest BCUT2D eigenvalue weighted by atomic mass is 16.5. The van der Waals surface area contributed by atoms with Crippen molar-refractivity contribution in [3.8, 4) is 50.6 Å². The van der Waals surface area contributed by atoms with Crippen molar-refractivity contribution < 1.29 is 9.53 Å². The van der Waals surface area contributed by atoms with Crippen LogP contribution in [-0.2, 0) is 9.53 Å². The van der Waals surface area contributed by atoms with Gasteiger partial charge in [-0.05, 0) is 124 Å². The lowest BCUT2D eigenvalue weighted by Gasteiger charge is -2.10. The smallest absolute Gasteiger partial charge is 0.348 e. The second-order valence-electron chi connectivity index (χ2n) is 19.6. The third-order valence-corrected chi connectivity index (χ3v) is 13.5. The van der Waals surface area contributed by atoms with Gasteiger partial charge in [-0.1, -0.05) is 165 Å². The number of nitrogens with zero attached hydrogens (tertiary/aromatic N) is 3. The number of H-pyrrole nitrogens is 2. The molecule has 0 atom stereocenters. The molecule has 8 bridgehead atoms. The fraction of sp³-hybridized carbons (Fsp3) is 0.219. The van der Waals surface area contributed by atoms with Crippen LogP contribution in [0, 0.1) is 11.3 Å². The van der Waals surface area contributed by atoms with Gasteiger partial charge in [0.1, 0.15) is 11.6 Å². The van der Waals surface area contributed by atoms with Crippen LogP contribution in [-0.4, -0.2) is 32.5 Å². The zero-order valence-electron chi connectivity index (χ0n) is 42.2. The molecule has 2 aliphatic heterocycles. The highest BCUT2D eigenvalue weighted by Crippen LogP contribution is 2.41. The van der Waals surface area contributed by atoms with Crippen LogP contribution in [0.3, 0.4) is 0 Å². The van der Waals surface area contributed by atoms with Crippen LogP contribution in [0.1, 0.15) is 137 Å². The van der Waals surface area contributed by atoms with Gasteiger partial charge in [0.05, 0.1) is 34.9 Å². The summed E-state index contributed by atoms with van der Waals surface area (Å²) in [6.07, 6.45) is 13.7. The number of fused-ring (bicyclic) bond motifs is 8. The van der Waals surface area contributed by atoms with Gasteiger partial charge >= 0.3 is 5.97 Å². The van der Waals surface area contributed by atoms with Gasteiger partial charge in [0.15, 0.2) is 0 Å². The number of ether oxygens (including phenoxy) is 1. The predicted molar refractivity (Wildman–Crippen MR) is 296 cm³/mol. The first-order valence-electron chi connectivity index (χ1n) is 24.9.